The minimum absolute atomic E-state index is 0.171. The van der Waals surface area contributed by atoms with Gasteiger partial charge in [0.1, 0.15) is 5.82 Å². The van der Waals surface area contributed by atoms with Crippen LogP contribution in [0.4, 0.5) is 13.2 Å². The fourth-order valence-electron chi connectivity index (χ4n) is 3.26. The van der Waals surface area contributed by atoms with Crippen LogP contribution >= 0.6 is 46.4 Å². The lowest BCUT2D eigenvalue weighted by Gasteiger charge is -1.94. The molecule has 0 atom stereocenters. The van der Waals surface area contributed by atoms with Crippen LogP contribution in [-0.4, -0.2) is 0 Å². The van der Waals surface area contributed by atoms with E-state index in [0.717, 1.165) is 50.9 Å². The molecule has 5 aromatic carbocycles. The van der Waals surface area contributed by atoms with Gasteiger partial charge in [-0.05, 0) is 124 Å². The predicted molar refractivity (Wildman–Crippen MR) is 185 cm³/mol. The van der Waals surface area contributed by atoms with Gasteiger partial charge in [0.2, 0.25) is 0 Å². The van der Waals surface area contributed by atoms with Crippen LogP contribution in [0.25, 0.3) is 0 Å². The van der Waals surface area contributed by atoms with E-state index in [9.17, 15) is 13.2 Å². The number of hydrogen-bond donors (Lipinski definition) is 0. The molecule has 0 N–H and O–H groups in total. The highest BCUT2D eigenvalue weighted by Crippen LogP contribution is 2.19. The summed E-state index contributed by atoms with van der Waals surface area (Å²) in [6.45, 7) is 11.8. The predicted octanol–water partition coefficient (Wildman–Crippen LogP) is 13.6. The van der Waals surface area contributed by atoms with Crippen molar-refractivity contribution in [3.63, 3.8) is 0 Å². The average Bonchev–Trinajstić information content (AvgIpc) is 2.96. The molecule has 0 aliphatic carbocycles. The van der Waals surface area contributed by atoms with Crippen molar-refractivity contribution < 1.29 is 13.2 Å². The maximum Gasteiger partial charge on any atom is 0.159 e. The van der Waals surface area contributed by atoms with E-state index in [-0.39, 0.29) is 5.82 Å². The molecule has 0 saturated heterocycles. The monoisotopic (exact) mass is 678 g/mol. The van der Waals surface area contributed by atoms with Gasteiger partial charge >= 0.3 is 0 Å². The molecule has 5 rings (SSSR count). The molecule has 0 fully saturated rings. The van der Waals surface area contributed by atoms with Gasteiger partial charge in [0, 0.05) is 20.1 Å². The van der Waals surface area contributed by atoms with Crippen molar-refractivity contribution in [3.05, 3.63) is 174 Å². The molecule has 0 aliphatic heterocycles. The summed E-state index contributed by atoms with van der Waals surface area (Å²) in [7, 11) is 0. The lowest BCUT2D eigenvalue weighted by atomic mass is 10.1. The Hall–Kier alpha value is -2.95. The van der Waals surface area contributed by atoms with E-state index in [1.54, 1.807) is 37.3 Å². The zero-order chi connectivity index (χ0) is 33.2. The molecule has 0 spiro atoms. The zero-order valence-electron chi connectivity index (χ0n) is 25.7. The van der Waals surface area contributed by atoms with E-state index in [2.05, 4.69) is 38.1 Å². The fourth-order valence-corrected chi connectivity index (χ4v) is 4.24. The second-order valence-electron chi connectivity index (χ2n) is 9.89. The summed E-state index contributed by atoms with van der Waals surface area (Å²) in [4.78, 5) is 0. The standard InChI is InChI=1S/C9H12.2C7H6Cl2.C7H6F2.C7H7F/c1-3-9-6-4-8(2)5-7-9;1-5-2-6(8)4-7(9)3-5;1-5-4-6(8)2-3-7(5)9;1-5-2-3-6(8)7(9)4-5;1-6-2-4-7(8)5-3-6/h4-7H,3H2,1-2H3;3*2-4H,1H3;2-5H,1H3. The van der Waals surface area contributed by atoms with Crippen LogP contribution in [-0.2, 0) is 6.42 Å². The number of aryl methyl sites for hydroxylation is 6. The van der Waals surface area contributed by atoms with E-state index in [0.29, 0.717) is 10.0 Å². The van der Waals surface area contributed by atoms with Crippen LogP contribution in [0.3, 0.4) is 0 Å². The molecule has 0 saturated carbocycles. The Morgan fingerprint density at radius 1 is 0.455 bits per heavy atom. The number of rotatable bonds is 1. The summed E-state index contributed by atoms with van der Waals surface area (Å²) in [5.74, 6) is -1.74. The third kappa shape index (κ3) is 17.4. The van der Waals surface area contributed by atoms with Gasteiger partial charge in [0.05, 0.1) is 0 Å². The summed E-state index contributed by atoms with van der Waals surface area (Å²) < 4.78 is 36.4. The van der Waals surface area contributed by atoms with Gasteiger partial charge in [-0.3, -0.25) is 0 Å². The second-order valence-corrected chi connectivity index (χ2v) is 11.6. The molecule has 0 unspecified atom stereocenters. The number of benzene rings is 5. The Labute approximate surface area is 280 Å². The van der Waals surface area contributed by atoms with Gasteiger partial charge in [-0.2, -0.15) is 0 Å². The van der Waals surface area contributed by atoms with Crippen LogP contribution in [0, 0.1) is 52.1 Å². The van der Waals surface area contributed by atoms with Crippen LogP contribution in [0.5, 0.6) is 0 Å². The molecule has 0 radical (unpaired) electrons. The molecule has 0 aromatic heterocycles. The third-order valence-electron chi connectivity index (χ3n) is 5.74. The van der Waals surface area contributed by atoms with Crippen molar-refractivity contribution in [2.24, 2.45) is 0 Å². The molecule has 0 bridgehead atoms. The van der Waals surface area contributed by atoms with Crippen molar-refractivity contribution in [2.45, 2.75) is 48.0 Å². The lowest BCUT2D eigenvalue weighted by molar-refractivity contribution is 0.508. The summed E-state index contributed by atoms with van der Waals surface area (Å²) in [5, 5.41) is 2.89. The van der Waals surface area contributed by atoms with Crippen molar-refractivity contribution in [1.82, 2.24) is 0 Å². The van der Waals surface area contributed by atoms with E-state index >= 15 is 0 Å². The third-order valence-corrected chi connectivity index (χ3v) is 6.84. The quantitative estimate of drug-likeness (QED) is 0.165. The lowest BCUT2D eigenvalue weighted by Crippen LogP contribution is -1.82. The highest BCUT2D eigenvalue weighted by Gasteiger charge is 1.97. The van der Waals surface area contributed by atoms with E-state index < -0.39 is 11.6 Å². The maximum absolute atomic E-state index is 12.2. The minimum Gasteiger partial charge on any atom is -0.207 e. The van der Waals surface area contributed by atoms with Crippen LogP contribution < -0.4 is 0 Å². The van der Waals surface area contributed by atoms with Crippen molar-refractivity contribution >= 4 is 46.4 Å². The molecule has 0 amide bonds. The molecule has 234 valence electrons. The second kappa shape index (κ2) is 20.9. The molecule has 44 heavy (non-hydrogen) atoms. The van der Waals surface area contributed by atoms with Gasteiger partial charge in [-0.1, -0.05) is 107 Å². The fraction of sp³-hybridized carbons (Fsp3) is 0.189. The van der Waals surface area contributed by atoms with E-state index in [1.807, 2.05) is 39.0 Å². The first-order valence-electron chi connectivity index (χ1n) is 13.7. The Balaban J connectivity index is 0.000000275. The van der Waals surface area contributed by atoms with E-state index in [4.69, 9.17) is 46.4 Å². The molecular weight excluding hydrogens is 643 g/mol. The maximum atomic E-state index is 12.2. The first-order valence-corrected chi connectivity index (χ1v) is 15.2. The SMILES string of the molecule is CCc1ccc(C)cc1.Cc1cc(Cl)cc(Cl)c1.Cc1cc(Cl)ccc1Cl.Cc1ccc(F)c(F)c1.Cc1ccc(F)cc1. The minimum atomic E-state index is -0.791. The van der Waals surface area contributed by atoms with Crippen LogP contribution in [0.2, 0.25) is 20.1 Å². The smallest absolute Gasteiger partial charge is 0.159 e. The average molecular weight is 681 g/mol. The molecule has 0 heterocycles. The summed E-state index contributed by atoms with van der Waals surface area (Å²) in [6.07, 6.45) is 1.14. The molecule has 0 aliphatic rings. The summed E-state index contributed by atoms with van der Waals surface area (Å²) >= 11 is 22.7. The number of halogens is 7. The Kier molecular flexibility index (Phi) is 18.6. The van der Waals surface area contributed by atoms with Gasteiger partial charge in [-0.15, -0.1) is 0 Å². The zero-order valence-corrected chi connectivity index (χ0v) is 28.7. The normalized spacial score (nSPS) is 9.57. The molecule has 5 aromatic rings. The van der Waals surface area contributed by atoms with Crippen LogP contribution in [0.15, 0.2) is 103 Å². The highest BCUT2D eigenvalue weighted by atomic mass is 35.5. The van der Waals surface area contributed by atoms with Crippen LogP contribution in [0.1, 0.15) is 40.3 Å². The van der Waals surface area contributed by atoms with Gasteiger partial charge < -0.3 is 0 Å². The highest BCUT2D eigenvalue weighted by molar-refractivity contribution is 6.34. The number of hydrogen-bond acceptors (Lipinski definition) is 0. The van der Waals surface area contributed by atoms with Gasteiger partial charge in [0.15, 0.2) is 11.6 Å². The van der Waals surface area contributed by atoms with Crippen molar-refractivity contribution in [1.29, 1.82) is 0 Å². The molecule has 0 nitrogen and oxygen atoms in total. The Morgan fingerprint density at radius 3 is 1.34 bits per heavy atom. The molecule has 7 heteroatoms. The Bertz CT molecular complexity index is 1430. The van der Waals surface area contributed by atoms with Crippen molar-refractivity contribution in [2.75, 3.05) is 0 Å². The van der Waals surface area contributed by atoms with E-state index in [1.165, 1.54) is 29.3 Å². The summed E-state index contributed by atoms with van der Waals surface area (Å²) in [5.41, 5.74) is 6.68. The topological polar surface area (TPSA) is 0 Å². The van der Waals surface area contributed by atoms with Gasteiger partial charge in [0.25, 0.3) is 0 Å². The Morgan fingerprint density at radius 2 is 0.955 bits per heavy atom. The largest absolute Gasteiger partial charge is 0.207 e. The molecular formula is C37H37Cl4F3. The first-order chi connectivity index (χ1) is 20.7. The van der Waals surface area contributed by atoms with Crippen molar-refractivity contribution in [3.8, 4) is 0 Å². The first kappa shape index (κ1) is 39.1. The van der Waals surface area contributed by atoms with Gasteiger partial charge in [-0.25, -0.2) is 13.2 Å². The summed E-state index contributed by atoms with van der Waals surface area (Å²) in [6, 6.07) is 29.7.